The van der Waals surface area contributed by atoms with Crippen molar-refractivity contribution in [3.63, 3.8) is 0 Å². The quantitative estimate of drug-likeness (QED) is 0.810. The molecule has 0 atom stereocenters. The molecule has 0 bridgehead atoms. The molecule has 0 aliphatic rings. The van der Waals surface area contributed by atoms with Crippen LogP contribution < -0.4 is 20.1 Å². The fraction of sp³-hybridized carbons (Fsp3) is 0.357. The van der Waals surface area contributed by atoms with E-state index in [2.05, 4.69) is 32.5 Å². The van der Waals surface area contributed by atoms with E-state index in [4.69, 9.17) is 9.47 Å². The molecular weight excluding hydrogens is 270 g/mol. The Hall–Kier alpha value is -2.57. The molecule has 2 N–H and O–H groups in total. The molecule has 0 amide bonds. The van der Waals surface area contributed by atoms with E-state index in [0.717, 1.165) is 24.4 Å². The molecule has 0 spiro atoms. The number of nitrogens with one attached hydrogen (secondary N) is 2. The number of aromatic nitrogens is 3. The second-order valence-corrected chi connectivity index (χ2v) is 4.25. The molecule has 1 heterocycles. The van der Waals surface area contributed by atoms with E-state index in [9.17, 15) is 0 Å². The van der Waals surface area contributed by atoms with E-state index >= 15 is 0 Å². The Morgan fingerprint density at radius 2 is 1.67 bits per heavy atom. The highest BCUT2D eigenvalue weighted by atomic mass is 16.5. The largest absolute Gasteiger partial charge is 0.497 e. The first-order chi connectivity index (χ1) is 10.2. The number of methoxy groups -OCH3 is 2. The molecule has 0 aliphatic carbocycles. The third-order valence-corrected chi connectivity index (χ3v) is 2.68. The van der Waals surface area contributed by atoms with Gasteiger partial charge in [-0.15, -0.1) is 0 Å². The number of hydrogen-bond acceptors (Lipinski definition) is 7. The predicted octanol–water partition coefficient (Wildman–Crippen LogP) is 2.45. The number of ether oxygens (including phenoxy) is 2. The molecule has 0 saturated carbocycles. The van der Waals surface area contributed by atoms with Crippen LogP contribution in [-0.2, 0) is 0 Å². The van der Waals surface area contributed by atoms with Gasteiger partial charge in [-0.3, -0.25) is 0 Å². The van der Waals surface area contributed by atoms with Crippen LogP contribution >= 0.6 is 0 Å². The van der Waals surface area contributed by atoms with Crippen molar-refractivity contribution < 1.29 is 9.47 Å². The molecule has 0 unspecified atom stereocenters. The number of hydrogen-bond donors (Lipinski definition) is 2. The summed E-state index contributed by atoms with van der Waals surface area (Å²) < 4.78 is 10.2. The summed E-state index contributed by atoms with van der Waals surface area (Å²) in [6, 6.07) is 7.75. The number of nitrogens with zero attached hydrogens (tertiary/aromatic N) is 3. The van der Waals surface area contributed by atoms with E-state index < -0.39 is 0 Å². The third kappa shape index (κ3) is 4.20. The molecule has 0 saturated heterocycles. The van der Waals surface area contributed by atoms with Gasteiger partial charge in [-0.05, 0) is 30.7 Å². The van der Waals surface area contributed by atoms with Crippen molar-refractivity contribution in [2.45, 2.75) is 13.3 Å². The van der Waals surface area contributed by atoms with Crippen LogP contribution in [0.15, 0.2) is 24.3 Å². The van der Waals surface area contributed by atoms with E-state index in [0.29, 0.717) is 11.9 Å². The van der Waals surface area contributed by atoms with Crippen molar-refractivity contribution in [1.82, 2.24) is 15.0 Å². The van der Waals surface area contributed by atoms with Gasteiger partial charge in [0.1, 0.15) is 5.75 Å². The van der Waals surface area contributed by atoms with Crippen molar-refractivity contribution >= 4 is 17.6 Å². The highest BCUT2D eigenvalue weighted by molar-refractivity contribution is 5.55. The normalized spacial score (nSPS) is 10.0. The molecule has 0 fully saturated rings. The fourth-order valence-electron chi connectivity index (χ4n) is 1.62. The van der Waals surface area contributed by atoms with Crippen LogP contribution in [0.1, 0.15) is 13.3 Å². The van der Waals surface area contributed by atoms with Crippen LogP contribution in [0.2, 0.25) is 0 Å². The first-order valence-electron chi connectivity index (χ1n) is 6.70. The molecule has 2 rings (SSSR count). The zero-order valence-corrected chi connectivity index (χ0v) is 12.4. The second-order valence-electron chi connectivity index (χ2n) is 4.25. The number of anilines is 3. The molecule has 7 nitrogen and oxygen atoms in total. The van der Waals surface area contributed by atoms with Gasteiger partial charge in [0, 0.05) is 12.2 Å². The molecular formula is C14H19N5O2. The van der Waals surface area contributed by atoms with Crippen molar-refractivity contribution in [2.75, 3.05) is 31.4 Å². The van der Waals surface area contributed by atoms with E-state index in [1.807, 2.05) is 24.3 Å². The Balaban J connectivity index is 2.16. The third-order valence-electron chi connectivity index (χ3n) is 2.68. The van der Waals surface area contributed by atoms with Crippen molar-refractivity contribution in [3.8, 4) is 11.8 Å². The molecule has 2 aromatic rings. The minimum Gasteiger partial charge on any atom is -0.497 e. The predicted molar refractivity (Wildman–Crippen MR) is 81.4 cm³/mol. The minimum absolute atomic E-state index is 0.264. The Kier molecular flexibility index (Phi) is 5.14. The van der Waals surface area contributed by atoms with Crippen LogP contribution in [0.3, 0.4) is 0 Å². The summed E-state index contributed by atoms with van der Waals surface area (Å²) in [5, 5.41) is 6.22. The van der Waals surface area contributed by atoms with Gasteiger partial charge >= 0.3 is 6.01 Å². The van der Waals surface area contributed by atoms with Crippen molar-refractivity contribution in [2.24, 2.45) is 0 Å². The minimum atomic E-state index is 0.264. The summed E-state index contributed by atoms with van der Waals surface area (Å²) in [5.74, 6) is 1.70. The number of rotatable bonds is 7. The Bertz CT molecular complexity index is 574. The lowest BCUT2D eigenvalue weighted by atomic mass is 10.3. The SMILES string of the molecule is CCCNc1nc(Nc2ccc(OC)cc2)nc(OC)n1. The monoisotopic (exact) mass is 289 g/mol. The summed E-state index contributed by atoms with van der Waals surface area (Å²) in [4.78, 5) is 12.6. The van der Waals surface area contributed by atoms with Gasteiger partial charge in [0.15, 0.2) is 0 Å². The lowest BCUT2D eigenvalue weighted by Crippen LogP contribution is -2.08. The van der Waals surface area contributed by atoms with Gasteiger partial charge in [0.25, 0.3) is 0 Å². The maximum absolute atomic E-state index is 5.12. The first kappa shape index (κ1) is 14.8. The maximum atomic E-state index is 5.12. The molecule has 0 radical (unpaired) electrons. The molecule has 0 aliphatic heterocycles. The smallest absolute Gasteiger partial charge is 0.322 e. The highest BCUT2D eigenvalue weighted by Crippen LogP contribution is 2.19. The maximum Gasteiger partial charge on any atom is 0.322 e. The lowest BCUT2D eigenvalue weighted by molar-refractivity contribution is 0.379. The summed E-state index contributed by atoms with van der Waals surface area (Å²) in [6.45, 7) is 2.86. The summed E-state index contributed by atoms with van der Waals surface area (Å²) in [7, 11) is 3.15. The Morgan fingerprint density at radius 1 is 0.952 bits per heavy atom. The van der Waals surface area contributed by atoms with Gasteiger partial charge in [-0.1, -0.05) is 6.92 Å². The van der Waals surface area contributed by atoms with Gasteiger partial charge < -0.3 is 20.1 Å². The van der Waals surface area contributed by atoms with Crippen LogP contribution in [-0.4, -0.2) is 35.7 Å². The van der Waals surface area contributed by atoms with E-state index in [1.54, 1.807) is 7.11 Å². The van der Waals surface area contributed by atoms with Crippen LogP contribution in [0, 0.1) is 0 Å². The second kappa shape index (κ2) is 7.28. The Morgan fingerprint density at radius 3 is 2.29 bits per heavy atom. The van der Waals surface area contributed by atoms with Crippen LogP contribution in [0.25, 0.3) is 0 Å². The zero-order valence-electron chi connectivity index (χ0n) is 12.4. The van der Waals surface area contributed by atoms with Gasteiger partial charge in [0.05, 0.1) is 14.2 Å². The van der Waals surface area contributed by atoms with Gasteiger partial charge in [0.2, 0.25) is 11.9 Å². The topological polar surface area (TPSA) is 81.2 Å². The van der Waals surface area contributed by atoms with E-state index in [1.165, 1.54) is 7.11 Å². The molecule has 21 heavy (non-hydrogen) atoms. The standard InChI is InChI=1S/C14H19N5O2/c1-4-9-15-12-17-13(19-14(18-12)21-3)16-10-5-7-11(20-2)8-6-10/h5-8H,4,9H2,1-3H3,(H2,15,16,17,18,19). The lowest BCUT2D eigenvalue weighted by Gasteiger charge is -2.09. The van der Waals surface area contributed by atoms with Gasteiger partial charge in [-0.2, -0.15) is 15.0 Å². The van der Waals surface area contributed by atoms with Crippen LogP contribution in [0.5, 0.6) is 11.8 Å². The molecule has 7 heteroatoms. The average molecular weight is 289 g/mol. The van der Waals surface area contributed by atoms with Crippen molar-refractivity contribution in [3.05, 3.63) is 24.3 Å². The molecule has 1 aromatic carbocycles. The molecule has 112 valence electrons. The number of benzene rings is 1. The van der Waals surface area contributed by atoms with E-state index in [-0.39, 0.29) is 6.01 Å². The summed E-state index contributed by atoms with van der Waals surface area (Å²) in [6.07, 6.45) is 0.981. The zero-order chi connectivity index (χ0) is 15.1. The average Bonchev–Trinajstić information content (AvgIpc) is 2.53. The molecule has 1 aromatic heterocycles. The first-order valence-corrected chi connectivity index (χ1v) is 6.70. The highest BCUT2D eigenvalue weighted by Gasteiger charge is 2.06. The summed E-state index contributed by atoms with van der Waals surface area (Å²) in [5.41, 5.74) is 0.852. The fourth-order valence-corrected chi connectivity index (χ4v) is 1.62. The van der Waals surface area contributed by atoms with Crippen molar-refractivity contribution in [1.29, 1.82) is 0 Å². The van der Waals surface area contributed by atoms with Gasteiger partial charge in [-0.25, -0.2) is 0 Å². The Labute approximate surface area is 123 Å². The summed E-state index contributed by atoms with van der Waals surface area (Å²) >= 11 is 0. The van der Waals surface area contributed by atoms with Crippen LogP contribution in [0.4, 0.5) is 17.6 Å².